The molecular formula is C14H16BrNO2. The van der Waals surface area contributed by atoms with Crippen molar-refractivity contribution in [3.05, 3.63) is 46.5 Å². The molecule has 0 unspecified atom stereocenters. The second kappa shape index (κ2) is 6.40. The van der Waals surface area contributed by atoms with E-state index < -0.39 is 5.97 Å². The van der Waals surface area contributed by atoms with E-state index in [-0.39, 0.29) is 0 Å². The number of carboxylic acids is 1. The highest BCUT2D eigenvalue weighted by atomic mass is 79.9. The Hall–Kier alpha value is -1.55. The van der Waals surface area contributed by atoms with Gasteiger partial charge in [0.1, 0.15) is 0 Å². The van der Waals surface area contributed by atoms with Gasteiger partial charge in [-0.3, -0.25) is 0 Å². The highest BCUT2D eigenvalue weighted by molar-refractivity contribution is 9.10. The second-order valence-corrected chi connectivity index (χ2v) is 5.10. The lowest BCUT2D eigenvalue weighted by Crippen LogP contribution is -2.19. The van der Waals surface area contributed by atoms with Crippen LogP contribution in [0.1, 0.15) is 12.5 Å². The van der Waals surface area contributed by atoms with Crippen LogP contribution in [0.3, 0.4) is 0 Å². The predicted molar refractivity (Wildman–Crippen MR) is 78.9 cm³/mol. The SMILES string of the molecule is C=C(C)CN(C)c1cc(Br)ccc1/C=C/C(=O)O. The van der Waals surface area contributed by atoms with Gasteiger partial charge in [-0.2, -0.15) is 0 Å². The van der Waals surface area contributed by atoms with E-state index in [1.165, 1.54) is 0 Å². The zero-order valence-electron chi connectivity index (χ0n) is 10.5. The number of carboxylic acid groups (broad SMARTS) is 1. The van der Waals surface area contributed by atoms with Crippen molar-refractivity contribution in [1.29, 1.82) is 0 Å². The van der Waals surface area contributed by atoms with E-state index >= 15 is 0 Å². The molecule has 0 aliphatic carbocycles. The normalized spacial score (nSPS) is 10.6. The molecule has 1 N–H and O–H groups in total. The van der Waals surface area contributed by atoms with Crippen LogP contribution in [0.5, 0.6) is 0 Å². The standard InChI is InChI=1S/C14H16BrNO2/c1-10(2)9-16(3)13-8-12(15)6-4-11(13)5-7-14(17)18/h4-8H,1,9H2,2-3H3,(H,17,18)/b7-5+. The van der Waals surface area contributed by atoms with Crippen molar-refractivity contribution < 1.29 is 9.90 Å². The molecule has 0 heterocycles. The molecule has 1 aromatic rings. The van der Waals surface area contributed by atoms with Gasteiger partial charge in [-0.1, -0.05) is 34.1 Å². The third-order valence-electron chi connectivity index (χ3n) is 2.32. The average molecular weight is 310 g/mol. The lowest BCUT2D eigenvalue weighted by Gasteiger charge is -2.22. The molecule has 96 valence electrons. The van der Waals surface area contributed by atoms with Crippen molar-refractivity contribution in [2.24, 2.45) is 0 Å². The lowest BCUT2D eigenvalue weighted by molar-refractivity contribution is -0.131. The topological polar surface area (TPSA) is 40.5 Å². The summed E-state index contributed by atoms with van der Waals surface area (Å²) in [6.07, 6.45) is 2.74. The van der Waals surface area contributed by atoms with Gasteiger partial charge in [0.05, 0.1) is 0 Å². The first-order valence-electron chi connectivity index (χ1n) is 5.46. The molecule has 0 atom stereocenters. The van der Waals surface area contributed by atoms with Gasteiger partial charge in [0.2, 0.25) is 0 Å². The van der Waals surface area contributed by atoms with Gasteiger partial charge < -0.3 is 10.0 Å². The Labute approximate surface area is 116 Å². The van der Waals surface area contributed by atoms with E-state index in [1.807, 2.05) is 37.1 Å². The zero-order valence-corrected chi connectivity index (χ0v) is 12.1. The molecular weight excluding hydrogens is 294 g/mol. The number of hydrogen-bond acceptors (Lipinski definition) is 2. The van der Waals surface area contributed by atoms with Gasteiger partial charge in [0, 0.05) is 29.8 Å². The number of carbonyl (C=O) groups is 1. The summed E-state index contributed by atoms with van der Waals surface area (Å²) in [5.74, 6) is -0.952. The minimum absolute atomic E-state index is 0.727. The predicted octanol–water partition coefficient (Wildman–Crippen LogP) is 3.56. The van der Waals surface area contributed by atoms with Gasteiger partial charge >= 0.3 is 5.97 Å². The molecule has 0 spiro atoms. The number of likely N-dealkylation sites (N-methyl/N-ethyl adjacent to an activating group) is 1. The maximum Gasteiger partial charge on any atom is 0.328 e. The van der Waals surface area contributed by atoms with Gasteiger partial charge in [0.15, 0.2) is 0 Å². The molecule has 4 heteroatoms. The minimum Gasteiger partial charge on any atom is -0.478 e. The smallest absolute Gasteiger partial charge is 0.328 e. The maximum absolute atomic E-state index is 10.6. The highest BCUT2D eigenvalue weighted by Crippen LogP contribution is 2.26. The van der Waals surface area contributed by atoms with Crippen molar-refractivity contribution >= 4 is 33.7 Å². The Bertz CT molecular complexity index is 495. The number of benzene rings is 1. The van der Waals surface area contributed by atoms with Crippen molar-refractivity contribution in [2.45, 2.75) is 6.92 Å². The molecule has 0 fully saturated rings. The summed E-state index contributed by atoms with van der Waals surface area (Å²) < 4.78 is 0.957. The Kier molecular flexibility index (Phi) is 5.16. The Morgan fingerprint density at radius 3 is 2.78 bits per heavy atom. The first-order chi connectivity index (χ1) is 8.40. The highest BCUT2D eigenvalue weighted by Gasteiger charge is 2.07. The summed E-state index contributed by atoms with van der Waals surface area (Å²) in [5, 5.41) is 8.68. The van der Waals surface area contributed by atoms with Crippen LogP contribution >= 0.6 is 15.9 Å². The molecule has 0 amide bonds. The van der Waals surface area contributed by atoms with E-state index in [0.29, 0.717) is 0 Å². The van der Waals surface area contributed by atoms with Gasteiger partial charge in [0.25, 0.3) is 0 Å². The summed E-state index contributed by atoms with van der Waals surface area (Å²) in [5.41, 5.74) is 2.87. The lowest BCUT2D eigenvalue weighted by atomic mass is 10.1. The number of anilines is 1. The van der Waals surface area contributed by atoms with E-state index in [2.05, 4.69) is 22.5 Å². The minimum atomic E-state index is -0.952. The van der Waals surface area contributed by atoms with Crippen molar-refractivity contribution in [3.63, 3.8) is 0 Å². The number of nitrogens with zero attached hydrogens (tertiary/aromatic N) is 1. The maximum atomic E-state index is 10.6. The molecule has 0 saturated carbocycles. The number of aliphatic carboxylic acids is 1. The van der Waals surface area contributed by atoms with Gasteiger partial charge in [-0.05, 0) is 30.7 Å². The summed E-state index contributed by atoms with van der Waals surface area (Å²) in [6, 6.07) is 5.73. The van der Waals surface area contributed by atoms with Crippen LogP contribution in [0.4, 0.5) is 5.69 Å². The third-order valence-corrected chi connectivity index (χ3v) is 2.81. The average Bonchev–Trinajstić information content (AvgIpc) is 2.26. The van der Waals surface area contributed by atoms with Gasteiger partial charge in [-0.15, -0.1) is 0 Å². The molecule has 0 aliphatic heterocycles. The van der Waals surface area contributed by atoms with Crippen LogP contribution in [0, 0.1) is 0 Å². The van der Waals surface area contributed by atoms with Crippen molar-refractivity contribution in [3.8, 4) is 0 Å². The van der Waals surface area contributed by atoms with Crippen molar-refractivity contribution in [1.82, 2.24) is 0 Å². The molecule has 0 bridgehead atoms. The van der Waals surface area contributed by atoms with Crippen LogP contribution in [-0.2, 0) is 4.79 Å². The quantitative estimate of drug-likeness (QED) is 0.668. The van der Waals surface area contributed by atoms with Crippen LogP contribution in [0.2, 0.25) is 0 Å². The van der Waals surface area contributed by atoms with Crippen LogP contribution in [-0.4, -0.2) is 24.7 Å². The van der Waals surface area contributed by atoms with Crippen molar-refractivity contribution in [2.75, 3.05) is 18.5 Å². The summed E-state index contributed by atoms with van der Waals surface area (Å²) in [4.78, 5) is 12.6. The fraction of sp³-hybridized carbons (Fsp3) is 0.214. The monoisotopic (exact) mass is 309 g/mol. The van der Waals surface area contributed by atoms with Crippen LogP contribution in [0.25, 0.3) is 6.08 Å². The van der Waals surface area contributed by atoms with Gasteiger partial charge in [-0.25, -0.2) is 4.79 Å². The molecule has 0 radical (unpaired) electrons. The molecule has 0 aliphatic rings. The van der Waals surface area contributed by atoms with E-state index in [9.17, 15) is 4.79 Å². The van der Waals surface area contributed by atoms with E-state index in [1.54, 1.807) is 6.08 Å². The molecule has 1 rings (SSSR count). The summed E-state index contributed by atoms with van der Waals surface area (Å²) in [7, 11) is 1.95. The first-order valence-corrected chi connectivity index (χ1v) is 6.25. The largest absolute Gasteiger partial charge is 0.478 e. The number of hydrogen-bond donors (Lipinski definition) is 1. The summed E-state index contributed by atoms with van der Waals surface area (Å²) >= 11 is 3.42. The zero-order chi connectivity index (χ0) is 13.7. The molecule has 18 heavy (non-hydrogen) atoms. The molecule has 0 saturated heterocycles. The van der Waals surface area contributed by atoms with E-state index in [0.717, 1.165) is 33.9 Å². The Morgan fingerprint density at radius 2 is 2.22 bits per heavy atom. The first kappa shape index (κ1) is 14.5. The molecule has 3 nitrogen and oxygen atoms in total. The Morgan fingerprint density at radius 1 is 1.56 bits per heavy atom. The second-order valence-electron chi connectivity index (χ2n) is 4.19. The summed E-state index contributed by atoms with van der Waals surface area (Å²) in [6.45, 7) is 6.57. The fourth-order valence-corrected chi connectivity index (χ4v) is 1.99. The Balaban J connectivity index is 3.10. The van der Waals surface area contributed by atoms with Crippen LogP contribution < -0.4 is 4.90 Å². The molecule has 1 aromatic carbocycles. The molecule has 0 aromatic heterocycles. The number of halogens is 1. The number of rotatable bonds is 5. The van der Waals surface area contributed by atoms with Crippen LogP contribution in [0.15, 0.2) is 40.9 Å². The van der Waals surface area contributed by atoms with E-state index in [4.69, 9.17) is 5.11 Å². The fourth-order valence-electron chi connectivity index (χ4n) is 1.64. The third kappa shape index (κ3) is 4.37.